The maximum Gasteiger partial charge on any atom is 0.0225 e. The summed E-state index contributed by atoms with van der Waals surface area (Å²) in [7, 11) is 0. The average molecular weight is 234 g/mol. The van der Waals surface area contributed by atoms with Gasteiger partial charge in [-0.25, -0.2) is 0 Å². The molecule has 1 rings (SSSR count). The fourth-order valence-electron chi connectivity index (χ4n) is 1.54. The van der Waals surface area contributed by atoms with Crippen molar-refractivity contribution in [2.45, 2.75) is 44.8 Å². The van der Waals surface area contributed by atoms with Gasteiger partial charge < -0.3 is 0 Å². The Bertz CT molecular complexity index is 277. The van der Waals surface area contributed by atoms with E-state index in [1.807, 2.05) is 11.8 Å². The number of thioether (sulfide) groups is 1. The summed E-state index contributed by atoms with van der Waals surface area (Å²) in [6.07, 6.45) is 8.98. The molecule has 0 aromatic heterocycles. The van der Waals surface area contributed by atoms with Gasteiger partial charge in [-0.3, -0.25) is 0 Å². The molecule has 0 aliphatic heterocycles. The predicted octanol–water partition coefficient (Wildman–Crippen LogP) is 5.40. The lowest BCUT2D eigenvalue weighted by atomic mass is 10.2. The number of allylic oxidation sites excluding steroid dienone is 1. The lowest BCUT2D eigenvalue weighted by Crippen LogP contribution is -1.76. The van der Waals surface area contributed by atoms with E-state index < -0.39 is 0 Å². The van der Waals surface area contributed by atoms with E-state index in [0.717, 1.165) is 5.75 Å². The fraction of sp³-hybridized carbons (Fsp3) is 0.467. The predicted molar refractivity (Wildman–Crippen MR) is 75.6 cm³/mol. The van der Waals surface area contributed by atoms with Crippen LogP contribution in [0.4, 0.5) is 0 Å². The minimum absolute atomic E-state index is 1.09. The van der Waals surface area contributed by atoms with Crippen LogP contribution in [0.2, 0.25) is 0 Å². The van der Waals surface area contributed by atoms with Gasteiger partial charge in [0.05, 0.1) is 0 Å². The molecule has 0 fully saturated rings. The third kappa shape index (κ3) is 6.73. The Morgan fingerprint density at radius 2 is 1.88 bits per heavy atom. The molecule has 1 aromatic rings. The van der Waals surface area contributed by atoms with E-state index in [1.165, 1.54) is 37.7 Å². The molecule has 1 aromatic carbocycles. The van der Waals surface area contributed by atoms with E-state index in [1.54, 1.807) is 0 Å². The van der Waals surface area contributed by atoms with Gasteiger partial charge in [0, 0.05) is 5.75 Å². The Balaban J connectivity index is 2.00. The smallest absolute Gasteiger partial charge is 0.0225 e. The minimum Gasteiger partial charge on any atom is -0.130 e. The SMILES string of the molecule is CCCCCC/C=C/SCc1ccccc1. The fourth-order valence-corrected chi connectivity index (χ4v) is 2.30. The van der Waals surface area contributed by atoms with E-state index in [0.29, 0.717) is 0 Å². The second-order valence-corrected chi connectivity index (χ2v) is 4.91. The van der Waals surface area contributed by atoms with Crippen molar-refractivity contribution in [2.75, 3.05) is 0 Å². The highest BCUT2D eigenvalue weighted by Gasteiger charge is 1.88. The number of rotatable bonds is 8. The zero-order chi connectivity index (χ0) is 11.5. The van der Waals surface area contributed by atoms with Crippen molar-refractivity contribution >= 4 is 11.8 Å². The van der Waals surface area contributed by atoms with E-state index in [4.69, 9.17) is 0 Å². The molecule has 0 saturated carbocycles. The van der Waals surface area contributed by atoms with E-state index in [-0.39, 0.29) is 0 Å². The molecular formula is C15H22S. The quantitative estimate of drug-likeness (QED) is 0.542. The molecule has 0 amide bonds. The normalized spacial score (nSPS) is 11.1. The Morgan fingerprint density at radius 1 is 1.06 bits per heavy atom. The third-order valence-corrected chi connectivity index (χ3v) is 3.39. The van der Waals surface area contributed by atoms with Crippen LogP contribution in [0, 0.1) is 0 Å². The summed E-state index contributed by atoms with van der Waals surface area (Å²) >= 11 is 1.89. The van der Waals surface area contributed by atoms with Gasteiger partial charge in [0.25, 0.3) is 0 Å². The zero-order valence-electron chi connectivity index (χ0n) is 10.2. The number of hydrogen-bond donors (Lipinski definition) is 0. The molecular weight excluding hydrogens is 212 g/mol. The van der Waals surface area contributed by atoms with Crippen molar-refractivity contribution in [3.63, 3.8) is 0 Å². The van der Waals surface area contributed by atoms with Gasteiger partial charge in [0.2, 0.25) is 0 Å². The van der Waals surface area contributed by atoms with Crippen LogP contribution in [0.15, 0.2) is 41.8 Å². The summed E-state index contributed by atoms with van der Waals surface area (Å²) < 4.78 is 0. The van der Waals surface area contributed by atoms with Crippen LogP contribution in [0.1, 0.15) is 44.6 Å². The first-order chi connectivity index (χ1) is 7.93. The Kier molecular flexibility index (Phi) is 7.97. The second kappa shape index (κ2) is 9.53. The average Bonchev–Trinajstić information content (AvgIpc) is 2.34. The van der Waals surface area contributed by atoms with Gasteiger partial charge in [0.1, 0.15) is 0 Å². The van der Waals surface area contributed by atoms with Crippen molar-refractivity contribution in [3.8, 4) is 0 Å². The first-order valence-electron chi connectivity index (χ1n) is 6.24. The molecule has 0 unspecified atom stereocenters. The molecule has 88 valence electrons. The summed E-state index contributed by atoms with van der Waals surface area (Å²) in [4.78, 5) is 0. The summed E-state index contributed by atoms with van der Waals surface area (Å²) in [5.74, 6) is 1.09. The van der Waals surface area contributed by atoms with Crippen LogP contribution in [0.3, 0.4) is 0 Å². The highest BCUT2D eigenvalue weighted by molar-refractivity contribution is 8.01. The molecule has 16 heavy (non-hydrogen) atoms. The van der Waals surface area contributed by atoms with Crippen molar-refractivity contribution in [1.82, 2.24) is 0 Å². The summed E-state index contributed by atoms with van der Waals surface area (Å²) in [6.45, 7) is 2.26. The van der Waals surface area contributed by atoms with Crippen LogP contribution < -0.4 is 0 Å². The van der Waals surface area contributed by atoms with Crippen LogP contribution >= 0.6 is 11.8 Å². The topological polar surface area (TPSA) is 0 Å². The van der Waals surface area contributed by atoms with Gasteiger partial charge in [0.15, 0.2) is 0 Å². The van der Waals surface area contributed by atoms with Crippen molar-refractivity contribution in [2.24, 2.45) is 0 Å². The third-order valence-electron chi connectivity index (χ3n) is 2.51. The molecule has 0 aliphatic rings. The molecule has 0 bridgehead atoms. The molecule has 0 saturated heterocycles. The lowest BCUT2D eigenvalue weighted by molar-refractivity contribution is 0.675. The van der Waals surface area contributed by atoms with Crippen LogP contribution in [0.25, 0.3) is 0 Å². The molecule has 0 nitrogen and oxygen atoms in total. The highest BCUT2D eigenvalue weighted by atomic mass is 32.2. The molecule has 0 atom stereocenters. The first kappa shape index (κ1) is 13.4. The van der Waals surface area contributed by atoms with Gasteiger partial charge in [-0.2, -0.15) is 0 Å². The van der Waals surface area contributed by atoms with Gasteiger partial charge in [-0.1, -0.05) is 62.6 Å². The van der Waals surface area contributed by atoms with Crippen LogP contribution in [-0.4, -0.2) is 0 Å². The van der Waals surface area contributed by atoms with Crippen molar-refractivity contribution < 1.29 is 0 Å². The summed E-state index contributed by atoms with van der Waals surface area (Å²) in [5, 5.41) is 2.25. The van der Waals surface area contributed by atoms with E-state index in [2.05, 4.69) is 48.7 Å². The Morgan fingerprint density at radius 3 is 2.62 bits per heavy atom. The van der Waals surface area contributed by atoms with Crippen LogP contribution in [-0.2, 0) is 5.75 Å². The summed E-state index contributed by atoms with van der Waals surface area (Å²) in [5.41, 5.74) is 1.41. The van der Waals surface area contributed by atoms with E-state index >= 15 is 0 Å². The molecule has 1 heteroatoms. The highest BCUT2D eigenvalue weighted by Crippen LogP contribution is 2.13. The Labute approximate surface area is 104 Å². The molecule has 0 N–H and O–H groups in total. The number of hydrogen-bond acceptors (Lipinski definition) is 1. The largest absolute Gasteiger partial charge is 0.130 e. The van der Waals surface area contributed by atoms with Crippen molar-refractivity contribution in [3.05, 3.63) is 47.4 Å². The van der Waals surface area contributed by atoms with Gasteiger partial charge >= 0.3 is 0 Å². The summed E-state index contributed by atoms with van der Waals surface area (Å²) in [6, 6.07) is 10.6. The lowest BCUT2D eigenvalue weighted by Gasteiger charge is -1.97. The number of benzene rings is 1. The molecule has 0 radical (unpaired) electrons. The molecule has 0 heterocycles. The van der Waals surface area contributed by atoms with E-state index in [9.17, 15) is 0 Å². The zero-order valence-corrected chi connectivity index (χ0v) is 11.0. The Hall–Kier alpha value is -0.690. The number of unbranched alkanes of at least 4 members (excludes halogenated alkanes) is 4. The first-order valence-corrected chi connectivity index (χ1v) is 7.29. The molecule has 0 spiro atoms. The monoisotopic (exact) mass is 234 g/mol. The van der Waals surface area contributed by atoms with Gasteiger partial charge in [-0.15, -0.1) is 11.8 Å². The second-order valence-electron chi connectivity index (χ2n) is 4.02. The van der Waals surface area contributed by atoms with Crippen molar-refractivity contribution in [1.29, 1.82) is 0 Å². The maximum absolute atomic E-state index is 2.31. The molecule has 0 aliphatic carbocycles. The van der Waals surface area contributed by atoms with Crippen LogP contribution in [0.5, 0.6) is 0 Å². The standard InChI is InChI=1S/C15H22S/c1-2-3-4-5-6-10-13-16-14-15-11-8-7-9-12-15/h7-13H,2-6,14H2,1H3/b13-10+. The van der Waals surface area contributed by atoms with Gasteiger partial charge in [-0.05, 0) is 23.8 Å². The maximum atomic E-state index is 2.31. The minimum atomic E-state index is 1.09.